The Morgan fingerprint density at radius 3 is 2.58 bits per heavy atom. The predicted octanol–water partition coefficient (Wildman–Crippen LogP) is 2.40. The lowest BCUT2D eigenvalue weighted by atomic mass is 9.77. The van der Waals surface area contributed by atoms with Crippen molar-refractivity contribution in [1.82, 2.24) is 9.88 Å². The molecule has 1 saturated heterocycles. The van der Waals surface area contributed by atoms with Gasteiger partial charge in [-0.25, -0.2) is 4.98 Å². The Bertz CT molecular complexity index is 455. The Hall–Kier alpha value is -0.940. The molecule has 0 aromatic carbocycles. The van der Waals surface area contributed by atoms with Gasteiger partial charge in [0.25, 0.3) is 5.91 Å². The van der Waals surface area contributed by atoms with Crippen LogP contribution in [0.25, 0.3) is 0 Å². The fraction of sp³-hybridized carbons (Fsp3) is 0.714. The molecule has 1 aliphatic carbocycles. The van der Waals surface area contributed by atoms with Crippen LogP contribution < -0.4 is 5.73 Å². The van der Waals surface area contributed by atoms with Crippen molar-refractivity contribution in [3.8, 4) is 0 Å². The van der Waals surface area contributed by atoms with Crippen molar-refractivity contribution in [2.75, 3.05) is 13.1 Å². The van der Waals surface area contributed by atoms with E-state index in [2.05, 4.69) is 4.98 Å². The van der Waals surface area contributed by atoms with Crippen molar-refractivity contribution >= 4 is 17.2 Å². The molecule has 2 fully saturated rings. The van der Waals surface area contributed by atoms with Gasteiger partial charge in [-0.2, -0.15) is 0 Å². The highest BCUT2D eigenvalue weighted by Crippen LogP contribution is 2.46. The molecule has 2 N–H and O–H groups in total. The van der Waals surface area contributed by atoms with Crippen LogP contribution in [-0.2, 0) is 6.54 Å². The molecule has 5 heteroatoms. The quantitative estimate of drug-likeness (QED) is 0.904. The zero-order chi connectivity index (χ0) is 13.3. The van der Waals surface area contributed by atoms with Gasteiger partial charge in [0.05, 0.1) is 0 Å². The first-order valence-corrected chi connectivity index (χ1v) is 8.04. The van der Waals surface area contributed by atoms with Gasteiger partial charge in [-0.3, -0.25) is 4.79 Å². The van der Waals surface area contributed by atoms with Crippen LogP contribution in [0.4, 0.5) is 0 Å². The molecule has 1 saturated carbocycles. The average molecular weight is 279 g/mol. The topological polar surface area (TPSA) is 59.2 Å². The van der Waals surface area contributed by atoms with Gasteiger partial charge in [0, 0.05) is 25.0 Å². The number of nitrogens with two attached hydrogens (primary N) is 1. The molecule has 0 bridgehead atoms. The van der Waals surface area contributed by atoms with E-state index in [9.17, 15) is 4.79 Å². The minimum absolute atomic E-state index is 0.0868. The summed E-state index contributed by atoms with van der Waals surface area (Å²) in [5, 5.41) is 2.68. The molecule has 19 heavy (non-hydrogen) atoms. The van der Waals surface area contributed by atoms with E-state index < -0.39 is 0 Å². The molecule has 1 aromatic rings. The van der Waals surface area contributed by atoms with E-state index in [-0.39, 0.29) is 5.91 Å². The van der Waals surface area contributed by atoms with Crippen LogP contribution in [0.15, 0.2) is 5.38 Å². The Labute approximate surface area is 118 Å². The average Bonchev–Trinajstić information content (AvgIpc) is 3.08. The van der Waals surface area contributed by atoms with Crippen LogP contribution in [0.1, 0.15) is 54.0 Å². The zero-order valence-electron chi connectivity index (χ0n) is 11.2. The predicted molar refractivity (Wildman–Crippen MR) is 76.0 cm³/mol. The number of thiazole rings is 1. The second-order valence-corrected chi connectivity index (χ2v) is 6.77. The highest BCUT2D eigenvalue weighted by atomic mass is 32.1. The van der Waals surface area contributed by atoms with Crippen LogP contribution in [-0.4, -0.2) is 28.9 Å². The van der Waals surface area contributed by atoms with Gasteiger partial charge in [0.2, 0.25) is 0 Å². The highest BCUT2D eigenvalue weighted by Gasteiger charge is 2.38. The number of aromatic nitrogens is 1. The lowest BCUT2D eigenvalue weighted by Gasteiger charge is -2.39. The molecular formula is C14H21N3OS. The number of carbonyl (C=O) groups is 1. The lowest BCUT2D eigenvalue weighted by Crippen LogP contribution is -2.42. The summed E-state index contributed by atoms with van der Waals surface area (Å²) in [6, 6.07) is 0. The number of hydrogen-bond acceptors (Lipinski definition) is 4. The Morgan fingerprint density at radius 2 is 2.00 bits per heavy atom. The van der Waals surface area contributed by atoms with Gasteiger partial charge in [-0.1, -0.05) is 12.8 Å². The maximum atomic E-state index is 12.4. The van der Waals surface area contributed by atoms with Gasteiger partial charge >= 0.3 is 0 Å². The SMILES string of the molecule is NCc1nc(C(=O)N2CCC3(CCCC3)CC2)cs1. The van der Waals surface area contributed by atoms with Gasteiger partial charge in [0.15, 0.2) is 0 Å². The summed E-state index contributed by atoms with van der Waals surface area (Å²) in [5.41, 5.74) is 6.68. The molecule has 2 aliphatic rings. The molecule has 3 rings (SSSR count). The second kappa shape index (κ2) is 5.21. The van der Waals surface area contributed by atoms with E-state index in [4.69, 9.17) is 5.73 Å². The minimum Gasteiger partial charge on any atom is -0.337 e. The largest absolute Gasteiger partial charge is 0.337 e. The molecule has 1 aromatic heterocycles. The maximum absolute atomic E-state index is 12.4. The van der Waals surface area contributed by atoms with E-state index in [1.54, 1.807) is 0 Å². The summed E-state index contributed by atoms with van der Waals surface area (Å²) in [4.78, 5) is 18.6. The van der Waals surface area contributed by atoms with Crippen molar-refractivity contribution in [3.05, 3.63) is 16.1 Å². The first kappa shape index (κ1) is 13.1. The normalized spacial score (nSPS) is 22.1. The van der Waals surface area contributed by atoms with Gasteiger partial charge in [-0.15, -0.1) is 11.3 Å². The van der Waals surface area contributed by atoms with Crippen LogP contribution in [0.5, 0.6) is 0 Å². The van der Waals surface area contributed by atoms with Crippen LogP contribution in [0.3, 0.4) is 0 Å². The fourth-order valence-electron chi connectivity index (χ4n) is 3.47. The molecular weight excluding hydrogens is 258 g/mol. The van der Waals surface area contributed by atoms with E-state index in [1.807, 2.05) is 10.3 Å². The highest BCUT2D eigenvalue weighted by molar-refractivity contribution is 7.09. The molecule has 1 aliphatic heterocycles. The third kappa shape index (κ3) is 2.54. The monoisotopic (exact) mass is 279 g/mol. The molecule has 2 heterocycles. The van der Waals surface area contributed by atoms with Crippen molar-refractivity contribution in [3.63, 3.8) is 0 Å². The second-order valence-electron chi connectivity index (χ2n) is 5.83. The van der Waals surface area contributed by atoms with E-state index in [1.165, 1.54) is 49.9 Å². The first-order valence-electron chi connectivity index (χ1n) is 7.16. The number of carbonyl (C=O) groups excluding carboxylic acids is 1. The smallest absolute Gasteiger partial charge is 0.273 e. The van der Waals surface area contributed by atoms with E-state index in [0.717, 1.165) is 18.1 Å². The number of amides is 1. The summed E-state index contributed by atoms with van der Waals surface area (Å²) in [7, 11) is 0. The fourth-order valence-corrected chi connectivity index (χ4v) is 4.12. The van der Waals surface area contributed by atoms with Crippen LogP contribution >= 0.6 is 11.3 Å². The third-order valence-electron chi connectivity index (χ3n) is 4.72. The summed E-state index contributed by atoms with van der Waals surface area (Å²) in [6.45, 7) is 2.21. The summed E-state index contributed by atoms with van der Waals surface area (Å²) in [6.07, 6.45) is 7.82. The number of piperidine rings is 1. The number of hydrogen-bond donors (Lipinski definition) is 1. The molecule has 0 unspecified atom stereocenters. The third-order valence-corrected chi connectivity index (χ3v) is 5.59. The Balaban J connectivity index is 1.63. The van der Waals surface area contributed by atoms with Gasteiger partial charge in [-0.05, 0) is 31.1 Å². The first-order chi connectivity index (χ1) is 9.22. The summed E-state index contributed by atoms with van der Waals surface area (Å²) < 4.78 is 0. The Morgan fingerprint density at radius 1 is 1.32 bits per heavy atom. The van der Waals surface area contributed by atoms with Gasteiger partial charge in [0.1, 0.15) is 10.7 Å². The number of likely N-dealkylation sites (tertiary alicyclic amines) is 1. The maximum Gasteiger partial charge on any atom is 0.273 e. The van der Waals surface area contributed by atoms with Crippen molar-refractivity contribution < 1.29 is 4.79 Å². The standard InChI is InChI=1S/C14H21N3OS/c15-9-12-16-11(10-19-12)13(18)17-7-5-14(6-8-17)3-1-2-4-14/h10H,1-9,15H2. The molecule has 0 atom stereocenters. The lowest BCUT2D eigenvalue weighted by molar-refractivity contribution is 0.0582. The van der Waals surface area contributed by atoms with Gasteiger partial charge < -0.3 is 10.6 Å². The Kier molecular flexibility index (Phi) is 3.58. The van der Waals surface area contributed by atoms with Crippen LogP contribution in [0.2, 0.25) is 0 Å². The van der Waals surface area contributed by atoms with E-state index in [0.29, 0.717) is 17.7 Å². The summed E-state index contributed by atoms with van der Waals surface area (Å²) in [5.74, 6) is 0.0868. The molecule has 1 spiro atoms. The molecule has 1 amide bonds. The number of nitrogens with zero attached hydrogens (tertiary/aromatic N) is 2. The van der Waals surface area contributed by atoms with Crippen molar-refractivity contribution in [2.24, 2.45) is 11.1 Å². The summed E-state index contributed by atoms with van der Waals surface area (Å²) >= 11 is 1.48. The van der Waals surface area contributed by atoms with Crippen molar-refractivity contribution in [2.45, 2.75) is 45.1 Å². The van der Waals surface area contributed by atoms with E-state index >= 15 is 0 Å². The molecule has 0 radical (unpaired) electrons. The molecule has 104 valence electrons. The van der Waals surface area contributed by atoms with Crippen LogP contribution in [0, 0.1) is 5.41 Å². The molecule has 4 nitrogen and oxygen atoms in total. The van der Waals surface area contributed by atoms with Crippen molar-refractivity contribution in [1.29, 1.82) is 0 Å². The number of rotatable bonds is 2. The zero-order valence-corrected chi connectivity index (χ0v) is 12.0. The minimum atomic E-state index is 0.0868.